The molecule has 21 heavy (non-hydrogen) atoms. The Balaban J connectivity index is 2.54. The van der Waals surface area contributed by atoms with Crippen molar-refractivity contribution in [3.05, 3.63) is 31.5 Å². The second-order valence-electron chi connectivity index (χ2n) is 5.41. The largest absolute Gasteiger partial charge is 0.334 e. The van der Waals surface area contributed by atoms with Crippen molar-refractivity contribution >= 4 is 6.08 Å². The number of nitrogens with one attached hydrogen (secondary N) is 2. The predicted octanol–water partition coefficient (Wildman–Crippen LogP) is 0.0706. The summed E-state index contributed by atoms with van der Waals surface area (Å²) < 4.78 is 0.975. The van der Waals surface area contributed by atoms with Crippen molar-refractivity contribution in [1.29, 1.82) is 0 Å². The number of H-pyrrole nitrogens is 2. The summed E-state index contributed by atoms with van der Waals surface area (Å²) in [4.78, 5) is 53.5. The van der Waals surface area contributed by atoms with E-state index in [2.05, 4.69) is 15.0 Å². The Morgan fingerprint density at radius 1 is 1.14 bits per heavy atom. The zero-order chi connectivity index (χ0) is 15.4. The van der Waals surface area contributed by atoms with E-state index < -0.39 is 29.2 Å². The Labute approximate surface area is 119 Å². The lowest BCUT2D eigenvalue weighted by molar-refractivity contribution is 0.213. The van der Waals surface area contributed by atoms with E-state index in [1.54, 1.807) is 6.92 Å². The number of aromatic amines is 2. The molecular weight excluding hydrogens is 276 g/mol. The third-order valence-corrected chi connectivity index (χ3v) is 4.06. The quantitative estimate of drug-likeness (QED) is 0.603. The van der Waals surface area contributed by atoms with Crippen molar-refractivity contribution < 1.29 is 4.79 Å². The second-order valence-corrected chi connectivity index (χ2v) is 5.41. The van der Waals surface area contributed by atoms with E-state index in [1.807, 2.05) is 0 Å². The molecule has 1 aliphatic carbocycles. The van der Waals surface area contributed by atoms with Crippen molar-refractivity contribution in [2.45, 2.75) is 51.1 Å². The van der Waals surface area contributed by atoms with Gasteiger partial charge < -0.3 is 0 Å². The summed E-state index contributed by atoms with van der Waals surface area (Å²) in [6.07, 6.45) is 6.33. The molecule has 2 atom stereocenters. The van der Waals surface area contributed by atoms with Gasteiger partial charge in [-0.05, 0) is 25.7 Å². The Kier molecular flexibility index (Phi) is 4.70. The van der Waals surface area contributed by atoms with Gasteiger partial charge in [0.2, 0.25) is 6.08 Å². The number of hydrogen-bond donors (Lipinski definition) is 2. The van der Waals surface area contributed by atoms with Crippen LogP contribution in [-0.4, -0.2) is 26.7 Å². The van der Waals surface area contributed by atoms with Crippen LogP contribution in [0.4, 0.5) is 0 Å². The normalized spacial score (nSPS) is 18.7. The first kappa shape index (κ1) is 15.2. The van der Waals surface area contributed by atoms with E-state index in [4.69, 9.17) is 0 Å². The molecule has 2 rings (SSSR count). The van der Waals surface area contributed by atoms with Crippen LogP contribution < -0.4 is 17.1 Å². The Morgan fingerprint density at radius 2 is 1.71 bits per heavy atom. The summed E-state index contributed by atoms with van der Waals surface area (Å²) in [6, 6.07) is -1.12. The van der Waals surface area contributed by atoms with E-state index in [-0.39, 0.29) is 5.92 Å². The van der Waals surface area contributed by atoms with Crippen LogP contribution in [0, 0.1) is 5.92 Å². The van der Waals surface area contributed by atoms with Crippen LogP contribution in [0.25, 0.3) is 0 Å². The molecule has 0 spiro atoms. The van der Waals surface area contributed by atoms with E-state index in [1.165, 1.54) is 6.08 Å². The van der Waals surface area contributed by atoms with Gasteiger partial charge in [-0.3, -0.25) is 9.97 Å². The average Bonchev–Trinajstić information content (AvgIpc) is 2.43. The second kappa shape index (κ2) is 6.49. The van der Waals surface area contributed by atoms with Crippen molar-refractivity contribution in [2.24, 2.45) is 10.9 Å². The molecule has 1 heterocycles. The summed E-state index contributed by atoms with van der Waals surface area (Å²) in [6.45, 7) is 1.67. The topological polar surface area (TPSA) is 117 Å². The van der Waals surface area contributed by atoms with E-state index >= 15 is 0 Å². The summed E-state index contributed by atoms with van der Waals surface area (Å²) in [5, 5.41) is 0. The van der Waals surface area contributed by atoms with Gasteiger partial charge in [0.15, 0.2) is 0 Å². The molecule has 114 valence electrons. The highest BCUT2D eigenvalue weighted by Gasteiger charge is 2.32. The highest BCUT2D eigenvalue weighted by atomic mass is 16.2. The lowest BCUT2D eigenvalue weighted by Crippen LogP contribution is -2.49. The van der Waals surface area contributed by atoms with Gasteiger partial charge in [0, 0.05) is 0 Å². The van der Waals surface area contributed by atoms with Gasteiger partial charge in [-0.15, -0.1) is 0 Å². The number of rotatable bonds is 4. The maximum atomic E-state index is 12.0. The Bertz CT molecular complexity index is 670. The fraction of sp³-hybridized carbons (Fsp3) is 0.692. The first-order chi connectivity index (χ1) is 10.0. The van der Waals surface area contributed by atoms with Crippen molar-refractivity contribution in [3.8, 4) is 0 Å². The van der Waals surface area contributed by atoms with Crippen LogP contribution >= 0.6 is 0 Å². The zero-order valence-corrected chi connectivity index (χ0v) is 11.8. The number of hydrogen-bond acceptors (Lipinski definition) is 5. The summed E-state index contributed by atoms with van der Waals surface area (Å²) in [5.74, 6) is 0.0653. The molecular formula is C13H18N4O4. The third kappa shape index (κ3) is 3.28. The van der Waals surface area contributed by atoms with E-state index in [0.717, 1.165) is 36.7 Å². The summed E-state index contributed by atoms with van der Waals surface area (Å²) in [7, 11) is 0. The van der Waals surface area contributed by atoms with E-state index in [9.17, 15) is 19.2 Å². The molecule has 0 aromatic carbocycles. The fourth-order valence-corrected chi connectivity index (χ4v) is 3.16. The lowest BCUT2D eigenvalue weighted by Gasteiger charge is -2.32. The van der Waals surface area contributed by atoms with Crippen molar-refractivity contribution in [3.63, 3.8) is 0 Å². The van der Waals surface area contributed by atoms with Crippen LogP contribution in [0.3, 0.4) is 0 Å². The molecule has 1 aliphatic rings. The summed E-state index contributed by atoms with van der Waals surface area (Å²) >= 11 is 0. The number of isocyanates is 1. The van der Waals surface area contributed by atoms with Gasteiger partial charge >= 0.3 is 17.1 Å². The molecule has 1 aromatic rings. The molecule has 0 aliphatic heterocycles. The number of carbonyl (C=O) groups excluding carboxylic acids is 1. The Hall–Kier alpha value is -2.21. The molecule has 2 N–H and O–H groups in total. The molecule has 0 amide bonds. The predicted molar refractivity (Wildman–Crippen MR) is 75.1 cm³/mol. The van der Waals surface area contributed by atoms with Crippen LogP contribution in [0.2, 0.25) is 0 Å². The molecule has 1 fully saturated rings. The SMILES string of the molecule is CC(N=C=O)C(C1CCCCC1)n1c(=O)[nH]c(=O)[nH]c1=O. The smallest absolute Gasteiger partial charge is 0.259 e. The average molecular weight is 294 g/mol. The number of aliphatic imine (C=N–C) groups is 1. The summed E-state index contributed by atoms with van der Waals surface area (Å²) in [5.41, 5.74) is -2.38. The molecule has 0 radical (unpaired) electrons. The minimum Gasteiger partial charge on any atom is -0.259 e. The molecule has 1 aromatic heterocycles. The van der Waals surface area contributed by atoms with Crippen LogP contribution in [0.5, 0.6) is 0 Å². The maximum Gasteiger partial charge on any atom is 0.334 e. The number of nitrogens with zero attached hydrogens (tertiary/aromatic N) is 2. The lowest BCUT2D eigenvalue weighted by atomic mass is 9.81. The molecule has 8 nitrogen and oxygen atoms in total. The highest BCUT2D eigenvalue weighted by Crippen LogP contribution is 2.34. The molecule has 0 saturated heterocycles. The van der Waals surface area contributed by atoms with Gasteiger partial charge in [0.05, 0.1) is 12.1 Å². The third-order valence-electron chi connectivity index (χ3n) is 4.06. The maximum absolute atomic E-state index is 12.0. The standard InChI is InChI=1S/C13H18N4O4/c1-8(14-7-18)10(9-5-3-2-4-6-9)17-12(20)15-11(19)16-13(17)21/h8-10H,2-6H2,1H3,(H2,15,16,19,20,21). The van der Waals surface area contributed by atoms with Crippen molar-refractivity contribution in [2.75, 3.05) is 0 Å². The zero-order valence-electron chi connectivity index (χ0n) is 11.8. The minimum atomic E-state index is -0.838. The van der Waals surface area contributed by atoms with Gasteiger partial charge in [0.1, 0.15) is 0 Å². The highest BCUT2D eigenvalue weighted by molar-refractivity contribution is 5.33. The molecule has 0 bridgehead atoms. The Morgan fingerprint density at radius 3 is 2.24 bits per heavy atom. The fourth-order valence-electron chi connectivity index (χ4n) is 3.16. The number of aromatic nitrogens is 3. The molecule has 1 saturated carbocycles. The monoisotopic (exact) mass is 294 g/mol. The van der Waals surface area contributed by atoms with Crippen LogP contribution in [0.1, 0.15) is 45.1 Å². The van der Waals surface area contributed by atoms with Crippen molar-refractivity contribution in [1.82, 2.24) is 14.5 Å². The minimum absolute atomic E-state index is 0.0653. The van der Waals surface area contributed by atoms with Crippen LogP contribution in [0.15, 0.2) is 19.4 Å². The van der Waals surface area contributed by atoms with Gasteiger partial charge in [0.25, 0.3) is 0 Å². The van der Waals surface area contributed by atoms with Gasteiger partial charge in [-0.2, -0.15) is 0 Å². The first-order valence-electron chi connectivity index (χ1n) is 7.06. The molecule has 8 heteroatoms. The van der Waals surface area contributed by atoms with Gasteiger partial charge in [-0.1, -0.05) is 19.3 Å². The van der Waals surface area contributed by atoms with Gasteiger partial charge in [-0.25, -0.2) is 28.7 Å². The van der Waals surface area contributed by atoms with Crippen LogP contribution in [-0.2, 0) is 4.79 Å². The first-order valence-corrected chi connectivity index (χ1v) is 7.06. The van der Waals surface area contributed by atoms with E-state index in [0.29, 0.717) is 0 Å². The molecule has 2 unspecified atom stereocenters.